The standard InChI is InChI=1S/C12H22N2/c1-11(2)8-4-5-12(11,3)10-9(8)13-6-7-14-10/h8-10,13-14H,4-7H2,1-3H3. The fraction of sp³-hybridized carbons (Fsp3) is 1.00. The Morgan fingerprint density at radius 2 is 1.79 bits per heavy atom. The molecule has 2 saturated carbocycles. The molecule has 2 heteroatoms. The van der Waals surface area contributed by atoms with Crippen LogP contribution in [-0.4, -0.2) is 25.2 Å². The van der Waals surface area contributed by atoms with Gasteiger partial charge in [0.2, 0.25) is 0 Å². The van der Waals surface area contributed by atoms with Gasteiger partial charge >= 0.3 is 0 Å². The summed E-state index contributed by atoms with van der Waals surface area (Å²) in [5.41, 5.74) is 1.04. The topological polar surface area (TPSA) is 24.1 Å². The van der Waals surface area contributed by atoms with Gasteiger partial charge in [0.1, 0.15) is 0 Å². The van der Waals surface area contributed by atoms with E-state index >= 15 is 0 Å². The second-order valence-electron chi connectivity index (χ2n) is 6.20. The Labute approximate surface area is 86.8 Å². The lowest BCUT2D eigenvalue weighted by Crippen LogP contribution is -2.60. The fourth-order valence-electron chi connectivity index (χ4n) is 4.45. The second-order valence-corrected chi connectivity index (χ2v) is 6.20. The molecule has 1 aliphatic heterocycles. The van der Waals surface area contributed by atoms with E-state index in [0.29, 0.717) is 10.8 Å². The van der Waals surface area contributed by atoms with Gasteiger partial charge in [-0.2, -0.15) is 0 Å². The van der Waals surface area contributed by atoms with Gasteiger partial charge in [0.25, 0.3) is 0 Å². The Balaban J connectivity index is 2.02. The number of hydrogen-bond donors (Lipinski definition) is 2. The number of fused-ring (bicyclic) bond motifs is 5. The van der Waals surface area contributed by atoms with E-state index in [0.717, 1.165) is 31.1 Å². The minimum Gasteiger partial charge on any atom is -0.311 e. The van der Waals surface area contributed by atoms with E-state index in [2.05, 4.69) is 31.4 Å². The van der Waals surface area contributed by atoms with Crippen LogP contribution in [0.5, 0.6) is 0 Å². The molecule has 4 atom stereocenters. The summed E-state index contributed by atoms with van der Waals surface area (Å²) >= 11 is 0. The lowest BCUT2D eigenvalue weighted by molar-refractivity contribution is 0.115. The van der Waals surface area contributed by atoms with Gasteiger partial charge in [-0.05, 0) is 29.6 Å². The van der Waals surface area contributed by atoms with Crippen LogP contribution >= 0.6 is 0 Å². The van der Waals surface area contributed by atoms with Crippen LogP contribution in [-0.2, 0) is 0 Å². The average Bonchev–Trinajstić information content (AvgIpc) is 2.49. The van der Waals surface area contributed by atoms with Crippen molar-refractivity contribution in [3.8, 4) is 0 Å². The molecule has 0 aromatic rings. The molecule has 2 nitrogen and oxygen atoms in total. The van der Waals surface area contributed by atoms with Gasteiger partial charge < -0.3 is 10.6 Å². The molecule has 0 aromatic carbocycles. The highest BCUT2D eigenvalue weighted by Gasteiger charge is 2.66. The molecule has 1 heterocycles. The summed E-state index contributed by atoms with van der Waals surface area (Å²) in [5, 5.41) is 7.48. The molecule has 4 unspecified atom stereocenters. The van der Waals surface area contributed by atoms with Crippen molar-refractivity contribution in [3.63, 3.8) is 0 Å². The van der Waals surface area contributed by atoms with Crippen molar-refractivity contribution in [3.05, 3.63) is 0 Å². The van der Waals surface area contributed by atoms with Crippen molar-refractivity contribution < 1.29 is 0 Å². The number of piperazine rings is 1. The first-order chi connectivity index (χ1) is 6.57. The molecule has 3 fully saturated rings. The Hall–Kier alpha value is -0.0800. The Morgan fingerprint density at radius 3 is 2.50 bits per heavy atom. The molecule has 2 aliphatic carbocycles. The van der Waals surface area contributed by atoms with Crippen molar-refractivity contribution in [1.29, 1.82) is 0 Å². The Kier molecular flexibility index (Phi) is 1.66. The highest BCUT2D eigenvalue weighted by molar-refractivity contribution is 5.20. The van der Waals surface area contributed by atoms with Crippen molar-refractivity contribution >= 4 is 0 Å². The first-order valence-electron chi connectivity index (χ1n) is 6.04. The maximum absolute atomic E-state index is 3.75. The third-order valence-electron chi connectivity index (χ3n) is 5.72. The van der Waals surface area contributed by atoms with E-state index in [1.165, 1.54) is 12.8 Å². The quantitative estimate of drug-likeness (QED) is 0.608. The van der Waals surface area contributed by atoms with E-state index in [4.69, 9.17) is 0 Å². The van der Waals surface area contributed by atoms with E-state index in [-0.39, 0.29) is 0 Å². The number of hydrogen-bond acceptors (Lipinski definition) is 2. The molecule has 2 N–H and O–H groups in total. The first-order valence-corrected chi connectivity index (χ1v) is 6.04. The monoisotopic (exact) mass is 194 g/mol. The summed E-state index contributed by atoms with van der Waals surface area (Å²) in [6, 6.07) is 1.47. The van der Waals surface area contributed by atoms with Gasteiger partial charge in [-0.15, -0.1) is 0 Å². The van der Waals surface area contributed by atoms with Gasteiger partial charge in [-0.1, -0.05) is 20.8 Å². The zero-order valence-corrected chi connectivity index (χ0v) is 9.56. The van der Waals surface area contributed by atoms with Gasteiger partial charge in [-0.25, -0.2) is 0 Å². The SMILES string of the molecule is CC1(C)C2CCC1(C)C1NCCNC21. The van der Waals surface area contributed by atoms with Crippen LogP contribution < -0.4 is 10.6 Å². The number of nitrogens with one attached hydrogen (secondary N) is 2. The molecule has 0 spiro atoms. The van der Waals surface area contributed by atoms with Crippen molar-refractivity contribution in [2.45, 2.75) is 45.7 Å². The first kappa shape index (κ1) is 9.17. The highest BCUT2D eigenvalue weighted by atomic mass is 15.1. The molecule has 0 aromatic heterocycles. The molecule has 3 aliphatic rings. The van der Waals surface area contributed by atoms with Gasteiger partial charge in [0.05, 0.1) is 0 Å². The van der Waals surface area contributed by atoms with Crippen LogP contribution in [0, 0.1) is 16.7 Å². The molecule has 0 radical (unpaired) electrons. The normalized spacial score (nSPS) is 54.6. The fourth-order valence-corrected chi connectivity index (χ4v) is 4.45. The zero-order chi connectivity index (χ0) is 9.97. The minimum atomic E-state index is 0.521. The van der Waals surface area contributed by atoms with Crippen molar-refractivity contribution in [1.82, 2.24) is 10.6 Å². The van der Waals surface area contributed by atoms with E-state index < -0.39 is 0 Å². The molecule has 2 bridgehead atoms. The van der Waals surface area contributed by atoms with E-state index in [1.54, 1.807) is 0 Å². The number of rotatable bonds is 0. The Bertz CT molecular complexity index is 261. The molecule has 3 rings (SSSR count). The average molecular weight is 194 g/mol. The summed E-state index contributed by atoms with van der Waals surface area (Å²) in [5.74, 6) is 0.894. The summed E-state index contributed by atoms with van der Waals surface area (Å²) in [6.07, 6.45) is 2.85. The molecular weight excluding hydrogens is 172 g/mol. The molecule has 1 saturated heterocycles. The van der Waals surface area contributed by atoms with Gasteiger partial charge in [0.15, 0.2) is 0 Å². The molecule has 0 amide bonds. The lowest BCUT2D eigenvalue weighted by atomic mass is 9.69. The summed E-state index contributed by atoms with van der Waals surface area (Å²) in [4.78, 5) is 0. The molecular formula is C12H22N2. The predicted molar refractivity (Wildman–Crippen MR) is 58.2 cm³/mol. The largest absolute Gasteiger partial charge is 0.311 e. The predicted octanol–water partition coefficient (Wildman–Crippen LogP) is 1.37. The maximum atomic E-state index is 3.75. The van der Waals surface area contributed by atoms with Crippen LogP contribution in [0.1, 0.15) is 33.6 Å². The third kappa shape index (κ3) is 0.809. The van der Waals surface area contributed by atoms with Gasteiger partial charge in [0, 0.05) is 25.2 Å². The van der Waals surface area contributed by atoms with Crippen LogP contribution in [0.25, 0.3) is 0 Å². The lowest BCUT2D eigenvalue weighted by Gasteiger charge is -2.43. The van der Waals surface area contributed by atoms with E-state index in [9.17, 15) is 0 Å². The highest BCUT2D eigenvalue weighted by Crippen LogP contribution is 2.65. The summed E-state index contributed by atoms with van der Waals surface area (Å²) in [6.45, 7) is 9.76. The summed E-state index contributed by atoms with van der Waals surface area (Å²) < 4.78 is 0. The minimum absolute atomic E-state index is 0.521. The van der Waals surface area contributed by atoms with Crippen LogP contribution in [0.4, 0.5) is 0 Å². The van der Waals surface area contributed by atoms with Crippen molar-refractivity contribution in [2.24, 2.45) is 16.7 Å². The zero-order valence-electron chi connectivity index (χ0n) is 9.56. The summed E-state index contributed by atoms with van der Waals surface area (Å²) in [7, 11) is 0. The second kappa shape index (κ2) is 2.53. The van der Waals surface area contributed by atoms with Crippen LogP contribution in [0.2, 0.25) is 0 Å². The molecule has 14 heavy (non-hydrogen) atoms. The molecule has 80 valence electrons. The van der Waals surface area contributed by atoms with E-state index in [1.807, 2.05) is 0 Å². The van der Waals surface area contributed by atoms with Gasteiger partial charge in [-0.3, -0.25) is 0 Å². The van der Waals surface area contributed by atoms with Crippen LogP contribution in [0.3, 0.4) is 0 Å². The Morgan fingerprint density at radius 1 is 1.07 bits per heavy atom. The third-order valence-corrected chi connectivity index (χ3v) is 5.72. The maximum Gasteiger partial charge on any atom is 0.0283 e. The van der Waals surface area contributed by atoms with Crippen LogP contribution in [0.15, 0.2) is 0 Å². The smallest absolute Gasteiger partial charge is 0.0283 e. The van der Waals surface area contributed by atoms with Crippen molar-refractivity contribution in [2.75, 3.05) is 13.1 Å².